The molecule has 0 bridgehead atoms. The Bertz CT molecular complexity index is 842. The van der Waals surface area contributed by atoms with Crippen LogP contribution in [0.25, 0.3) is 10.8 Å². The highest BCUT2D eigenvalue weighted by Gasteiger charge is 2.18. The highest BCUT2D eigenvalue weighted by molar-refractivity contribution is 5.88. The van der Waals surface area contributed by atoms with E-state index in [9.17, 15) is 0 Å². The number of pyridine rings is 1. The quantitative estimate of drug-likeness (QED) is 0.730. The van der Waals surface area contributed by atoms with Gasteiger partial charge in [-0.15, -0.1) is 0 Å². The number of anilines is 1. The zero-order valence-corrected chi connectivity index (χ0v) is 14.6. The summed E-state index contributed by atoms with van der Waals surface area (Å²) in [4.78, 5) is 9.33. The molecule has 25 heavy (non-hydrogen) atoms. The van der Waals surface area contributed by atoms with Crippen molar-refractivity contribution in [2.75, 3.05) is 38.2 Å². The molecule has 0 saturated carbocycles. The SMILES string of the molecule is COc1cccc2cc(CN3CCN(c4ccccn4)CC3)ccc12. The van der Waals surface area contributed by atoms with Gasteiger partial charge >= 0.3 is 0 Å². The summed E-state index contributed by atoms with van der Waals surface area (Å²) < 4.78 is 5.45. The first kappa shape index (κ1) is 15.9. The summed E-state index contributed by atoms with van der Waals surface area (Å²) >= 11 is 0. The molecule has 0 atom stereocenters. The summed E-state index contributed by atoms with van der Waals surface area (Å²) in [5.41, 5.74) is 1.35. The van der Waals surface area contributed by atoms with E-state index >= 15 is 0 Å². The third-order valence-corrected chi connectivity index (χ3v) is 4.88. The number of fused-ring (bicyclic) bond motifs is 1. The maximum absolute atomic E-state index is 5.45. The number of hydrogen-bond donors (Lipinski definition) is 0. The highest BCUT2D eigenvalue weighted by atomic mass is 16.5. The van der Waals surface area contributed by atoms with Crippen molar-refractivity contribution >= 4 is 16.6 Å². The molecule has 2 aromatic carbocycles. The third-order valence-electron chi connectivity index (χ3n) is 4.88. The maximum Gasteiger partial charge on any atom is 0.128 e. The van der Waals surface area contributed by atoms with E-state index < -0.39 is 0 Å². The molecule has 4 heteroatoms. The Morgan fingerprint density at radius 2 is 1.84 bits per heavy atom. The summed E-state index contributed by atoms with van der Waals surface area (Å²) in [7, 11) is 1.73. The van der Waals surface area contributed by atoms with Crippen LogP contribution in [-0.2, 0) is 6.54 Å². The van der Waals surface area contributed by atoms with E-state index in [-0.39, 0.29) is 0 Å². The highest BCUT2D eigenvalue weighted by Crippen LogP contribution is 2.26. The average molecular weight is 333 g/mol. The minimum atomic E-state index is 0.938. The zero-order chi connectivity index (χ0) is 17.1. The second kappa shape index (κ2) is 7.11. The fourth-order valence-electron chi connectivity index (χ4n) is 3.51. The Labute approximate surface area is 148 Å². The first-order valence-corrected chi connectivity index (χ1v) is 8.77. The summed E-state index contributed by atoms with van der Waals surface area (Å²) in [6.45, 7) is 5.17. The number of ether oxygens (including phenoxy) is 1. The van der Waals surface area contributed by atoms with Gasteiger partial charge in [-0.25, -0.2) is 4.98 Å². The van der Waals surface area contributed by atoms with Gasteiger partial charge < -0.3 is 9.64 Å². The number of rotatable bonds is 4. The fraction of sp³-hybridized carbons (Fsp3) is 0.286. The van der Waals surface area contributed by atoms with E-state index in [2.05, 4.69) is 57.2 Å². The van der Waals surface area contributed by atoms with Gasteiger partial charge in [0.15, 0.2) is 0 Å². The van der Waals surface area contributed by atoms with E-state index in [4.69, 9.17) is 4.74 Å². The molecule has 2 heterocycles. The number of nitrogens with zero attached hydrogens (tertiary/aromatic N) is 3. The first-order valence-electron chi connectivity index (χ1n) is 8.77. The van der Waals surface area contributed by atoms with Crippen molar-refractivity contribution in [1.82, 2.24) is 9.88 Å². The van der Waals surface area contributed by atoms with Gasteiger partial charge in [-0.2, -0.15) is 0 Å². The summed E-state index contributed by atoms with van der Waals surface area (Å²) in [6, 6.07) is 19.0. The van der Waals surface area contributed by atoms with E-state index in [1.54, 1.807) is 7.11 Å². The number of hydrogen-bond acceptors (Lipinski definition) is 4. The molecule has 1 saturated heterocycles. The molecule has 3 aromatic rings. The molecule has 0 unspecified atom stereocenters. The second-order valence-electron chi connectivity index (χ2n) is 6.47. The molecule has 128 valence electrons. The lowest BCUT2D eigenvalue weighted by molar-refractivity contribution is 0.249. The lowest BCUT2D eigenvalue weighted by atomic mass is 10.1. The summed E-state index contributed by atoms with van der Waals surface area (Å²) in [5, 5.41) is 2.41. The first-order chi connectivity index (χ1) is 12.3. The van der Waals surface area contributed by atoms with Gasteiger partial charge in [-0.05, 0) is 35.2 Å². The number of methoxy groups -OCH3 is 1. The van der Waals surface area contributed by atoms with E-state index in [0.717, 1.165) is 44.3 Å². The van der Waals surface area contributed by atoms with Crippen LogP contribution in [0.4, 0.5) is 5.82 Å². The zero-order valence-electron chi connectivity index (χ0n) is 14.6. The molecule has 1 aliphatic rings. The van der Waals surface area contributed by atoms with Gasteiger partial charge in [-0.1, -0.05) is 30.3 Å². The molecule has 0 amide bonds. The van der Waals surface area contributed by atoms with Crippen LogP contribution < -0.4 is 9.64 Å². The molecular formula is C21H23N3O. The third kappa shape index (κ3) is 3.44. The molecule has 1 fully saturated rings. The molecule has 0 aliphatic carbocycles. The smallest absolute Gasteiger partial charge is 0.128 e. The summed E-state index contributed by atoms with van der Waals surface area (Å²) in [5.74, 6) is 2.02. The molecular weight excluding hydrogens is 310 g/mol. The average Bonchev–Trinajstić information content (AvgIpc) is 2.68. The lowest BCUT2D eigenvalue weighted by Gasteiger charge is -2.35. The Morgan fingerprint density at radius 1 is 0.960 bits per heavy atom. The van der Waals surface area contributed by atoms with Crippen molar-refractivity contribution in [2.24, 2.45) is 0 Å². The van der Waals surface area contributed by atoms with Gasteiger partial charge in [0.25, 0.3) is 0 Å². The van der Waals surface area contributed by atoms with Crippen LogP contribution in [-0.4, -0.2) is 43.2 Å². The standard InChI is InChI=1S/C21H23N3O/c1-25-20-6-4-5-18-15-17(8-9-19(18)20)16-23-11-13-24(14-12-23)21-7-2-3-10-22-21/h2-10,15H,11-14,16H2,1H3. The monoisotopic (exact) mass is 333 g/mol. The van der Waals surface area contributed by atoms with Crippen molar-refractivity contribution in [3.8, 4) is 5.75 Å². The van der Waals surface area contributed by atoms with Crippen LogP contribution >= 0.6 is 0 Å². The number of benzene rings is 2. The Hall–Kier alpha value is -2.59. The largest absolute Gasteiger partial charge is 0.496 e. The number of piperazine rings is 1. The molecule has 1 aliphatic heterocycles. The van der Waals surface area contributed by atoms with Crippen molar-refractivity contribution < 1.29 is 4.74 Å². The molecule has 4 rings (SSSR count). The Balaban J connectivity index is 1.42. The molecule has 4 nitrogen and oxygen atoms in total. The normalized spacial score (nSPS) is 15.5. The lowest BCUT2D eigenvalue weighted by Crippen LogP contribution is -2.46. The van der Waals surface area contributed by atoms with Crippen LogP contribution in [0, 0.1) is 0 Å². The molecule has 1 aromatic heterocycles. The van der Waals surface area contributed by atoms with Gasteiger partial charge in [0.2, 0.25) is 0 Å². The minimum absolute atomic E-state index is 0.938. The van der Waals surface area contributed by atoms with Crippen LogP contribution in [0.15, 0.2) is 60.8 Å². The second-order valence-corrected chi connectivity index (χ2v) is 6.47. The Morgan fingerprint density at radius 3 is 2.60 bits per heavy atom. The fourth-order valence-corrected chi connectivity index (χ4v) is 3.51. The number of aromatic nitrogens is 1. The van der Waals surface area contributed by atoms with E-state index in [1.807, 2.05) is 18.3 Å². The van der Waals surface area contributed by atoms with E-state index in [1.165, 1.54) is 16.3 Å². The molecule has 0 spiro atoms. The maximum atomic E-state index is 5.45. The minimum Gasteiger partial charge on any atom is -0.496 e. The Kier molecular flexibility index (Phi) is 4.53. The van der Waals surface area contributed by atoms with E-state index in [0.29, 0.717) is 0 Å². The summed E-state index contributed by atoms with van der Waals surface area (Å²) in [6.07, 6.45) is 1.87. The van der Waals surface area contributed by atoms with Crippen molar-refractivity contribution in [3.05, 3.63) is 66.4 Å². The van der Waals surface area contributed by atoms with Gasteiger partial charge in [0.1, 0.15) is 11.6 Å². The van der Waals surface area contributed by atoms with Gasteiger partial charge in [-0.3, -0.25) is 4.90 Å². The van der Waals surface area contributed by atoms with Crippen molar-refractivity contribution in [1.29, 1.82) is 0 Å². The van der Waals surface area contributed by atoms with Crippen molar-refractivity contribution in [3.63, 3.8) is 0 Å². The molecule has 0 radical (unpaired) electrons. The topological polar surface area (TPSA) is 28.6 Å². The van der Waals surface area contributed by atoms with Gasteiger partial charge in [0, 0.05) is 44.3 Å². The van der Waals surface area contributed by atoms with Gasteiger partial charge in [0.05, 0.1) is 7.11 Å². The van der Waals surface area contributed by atoms with Crippen LogP contribution in [0.3, 0.4) is 0 Å². The van der Waals surface area contributed by atoms with Crippen molar-refractivity contribution in [2.45, 2.75) is 6.54 Å². The van der Waals surface area contributed by atoms with Crippen LogP contribution in [0.5, 0.6) is 5.75 Å². The molecule has 0 N–H and O–H groups in total. The van der Waals surface area contributed by atoms with Crippen LogP contribution in [0.2, 0.25) is 0 Å². The predicted octanol–water partition coefficient (Wildman–Crippen LogP) is 3.57. The van der Waals surface area contributed by atoms with Crippen LogP contribution in [0.1, 0.15) is 5.56 Å². The predicted molar refractivity (Wildman–Crippen MR) is 102 cm³/mol.